The summed E-state index contributed by atoms with van der Waals surface area (Å²) in [5.41, 5.74) is 0. The molecule has 0 amide bonds. The van der Waals surface area contributed by atoms with Gasteiger partial charge in [-0.1, -0.05) is 141 Å². The van der Waals surface area contributed by atoms with Crippen LogP contribution in [-0.2, 0) is 19.1 Å². The number of nitrogens with zero attached hydrogens (tertiary/aromatic N) is 1. The van der Waals surface area contributed by atoms with Gasteiger partial charge in [-0.05, 0) is 64.2 Å². The van der Waals surface area contributed by atoms with Crippen LogP contribution in [0.15, 0.2) is 24.3 Å². The summed E-state index contributed by atoms with van der Waals surface area (Å²) in [6.07, 6.45) is 41.9. The van der Waals surface area contributed by atoms with Gasteiger partial charge in [0.1, 0.15) is 13.2 Å². The maximum absolute atomic E-state index is 12.6. The van der Waals surface area contributed by atoms with E-state index >= 15 is 0 Å². The first kappa shape index (κ1) is 46.4. The Morgan fingerprint density at radius 3 is 1.29 bits per heavy atom. The fourth-order valence-corrected chi connectivity index (χ4v) is 5.95. The number of quaternary nitrogens is 1. The van der Waals surface area contributed by atoms with E-state index in [4.69, 9.17) is 9.47 Å². The van der Waals surface area contributed by atoms with Crippen molar-refractivity contribution < 1.29 is 23.5 Å². The second-order valence-corrected chi connectivity index (χ2v) is 14.8. The molecular formula is C43H81NO4+. The molecule has 0 spiro atoms. The minimum absolute atomic E-state index is 0.129. The van der Waals surface area contributed by atoms with Crippen LogP contribution in [0.25, 0.3) is 0 Å². The molecule has 0 aromatic rings. The second kappa shape index (κ2) is 35.2. The van der Waals surface area contributed by atoms with Crippen LogP contribution in [0.1, 0.15) is 194 Å². The van der Waals surface area contributed by atoms with Gasteiger partial charge in [-0.15, -0.1) is 0 Å². The number of carbonyl (C=O) groups is 2. The number of rotatable bonds is 36. The average molecular weight is 676 g/mol. The maximum atomic E-state index is 12.6. The third-order valence-electron chi connectivity index (χ3n) is 9.32. The Balaban J connectivity index is 3.99. The highest BCUT2D eigenvalue weighted by atomic mass is 16.6. The van der Waals surface area contributed by atoms with Crippen LogP contribution in [0.4, 0.5) is 0 Å². The van der Waals surface area contributed by atoms with Crippen LogP contribution in [-0.4, -0.2) is 56.3 Å². The number of esters is 2. The van der Waals surface area contributed by atoms with Gasteiger partial charge in [0.15, 0.2) is 6.10 Å². The van der Waals surface area contributed by atoms with E-state index in [9.17, 15) is 9.59 Å². The first-order valence-corrected chi connectivity index (χ1v) is 20.6. The lowest BCUT2D eigenvalue weighted by atomic mass is 10.1. The number of allylic oxidation sites excluding steroid dienone is 4. The fraction of sp³-hybridized carbons (Fsp3) is 0.837. The molecule has 0 aliphatic carbocycles. The summed E-state index contributed by atoms with van der Waals surface area (Å²) in [6.45, 7) is 9.95. The number of hydrogen-bond donors (Lipinski definition) is 0. The molecule has 0 bridgehead atoms. The summed E-state index contributed by atoms with van der Waals surface area (Å²) in [4.78, 5) is 25.1. The highest BCUT2D eigenvalue weighted by Crippen LogP contribution is 2.13. The molecule has 0 saturated carbocycles. The number of ether oxygens (including phenoxy) is 2. The highest BCUT2D eigenvalue weighted by molar-refractivity contribution is 5.70. The van der Waals surface area contributed by atoms with Crippen molar-refractivity contribution in [3.63, 3.8) is 0 Å². The van der Waals surface area contributed by atoms with Crippen molar-refractivity contribution in [3.8, 4) is 0 Å². The van der Waals surface area contributed by atoms with Crippen molar-refractivity contribution in [1.82, 2.24) is 0 Å². The van der Waals surface area contributed by atoms with Crippen molar-refractivity contribution in [2.75, 3.05) is 33.8 Å². The molecule has 1 unspecified atom stereocenters. The summed E-state index contributed by atoms with van der Waals surface area (Å²) >= 11 is 0. The summed E-state index contributed by atoms with van der Waals surface area (Å²) in [5, 5.41) is 0. The minimum Gasteiger partial charge on any atom is -0.461 e. The Morgan fingerprint density at radius 2 is 0.896 bits per heavy atom. The molecule has 0 heterocycles. The predicted octanol–water partition coefficient (Wildman–Crippen LogP) is 12.4. The molecule has 5 nitrogen and oxygen atoms in total. The van der Waals surface area contributed by atoms with Crippen LogP contribution in [0, 0.1) is 6.92 Å². The molecule has 0 aliphatic rings. The summed E-state index contributed by atoms with van der Waals surface area (Å²) < 4.78 is 12.0. The van der Waals surface area contributed by atoms with Gasteiger partial charge in [0, 0.05) is 19.8 Å². The Kier molecular flexibility index (Phi) is 34.0. The Hall–Kier alpha value is -1.62. The smallest absolute Gasteiger partial charge is 0.306 e. The molecule has 0 fully saturated rings. The molecular weight excluding hydrogens is 594 g/mol. The van der Waals surface area contributed by atoms with Gasteiger partial charge in [-0.2, -0.15) is 0 Å². The van der Waals surface area contributed by atoms with Crippen LogP contribution in [0.2, 0.25) is 0 Å². The predicted molar refractivity (Wildman–Crippen MR) is 207 cm³/mol. The third-order valence-corrected chi connectivity index (χ3v) is 9.32. The van der Waals surface area contributed by atoms with E-state index in [2.05, 4.69) is 59.2 Å². The molecule has 1 atom stereocenters. The fourth-order valence-electron chi connectivity index (χ4n) is 5.95. The molecule has 1 radical (unpaired) electrons. The van der Waals surface area contributed by atoms with E-state index in [0.29, 0.717) is 30.4 Å². The van der Waals surface area contributed by atoms with Crippen LogP contribution in [0.5, 0.6) is 0 Å². The lowest BCUT2D eigenvalue weighted by Gasteiger charge is -2.31. The van der Waals surface area contributed by atoms with Gasteiger partial charge >= 0.3 is 11.9 Å². The lowest BCUT2D eigenvalue weighted by Crippen LogP contribution is -2.48. The molecule has 5 heteroatoms. The molecule has 281 valence electrons. The summed E-state index contributed by atoms with van der Waals surface area (Å²) in [7, 11) is 4.12. The van der Waals surface area contributed by atoms with Gasteiger partial charge < -0.3 is 14.0 Å². The number of hydrogen-bond acceptors (Lipinski definition) is 4. The molecule has 0 saturated heterocycles. The van der Waals surface area contributed by atoms with Gasteiger partial charge in [0.05, 0.1) is 20.6 Å². The second-order valence-electron chi connectivity index (χ2n) is 14.8. The molecule has 0 aromatic heterocycles. The largest absolute Gasteiger partial charge is 0.461 e. The zero-order chi connectivity index (χ0) is 35.4. The summed E-state index contributed by atoms with van der Waals surface area (Å²) in [5.74, 6) is -0.374. The van der Waals surface area contributed by atoms with Crippen LogP contribution in [0.3, 0.4) is 0 Å². The zero-order valence-corrected chi connectivity index (χ0v) is 32.6. The third kappa shape index (κ3) is 34.3. The Bertz CT molecular complexity index is 775. The molecule has 0 aliphatic heterocycles. The number of unbranched alkanes of at least 4 members (excludes halogenated alkanes) is 22. The molecule has 48 heavy (non-hydrogen) atoms. The first-order valence-electron chi connectivity index (χ1n) is 20.6. The maximum Gasteiger partial charge on any atom is 0.306 e. The SMILES string of the molecule is [CH2]C[N+](C)(C)CC(COC(=O)CCCCCCC/C=C\CCCCCCCC)OC(=O)CCCCCCC/C=C\CCCCCCCC. The Morgan fingerprint density at radius 1 is 0.542 bits per heavy atom. The van der Waals surface area contributed by atoms with Crippen LogP contribution < -0.4 is 0 Å². The van der Waals surface area contributed by atoms with Gasteiger partial charge in [0.2, 0.25) is 0 Å². The highest BCUT2D eigenvalue weighted by Gasteiger charge is 2.25. The molecule has 0 rings (SSSR count). The molecule has 0 N–H and O–H groups in total. The number of likely N-dealkylation sites (N-methyl/N-ethyl adjacent to an activating group) is 1. The van der Waals surface area contributed by atoms with Crippen molar-refractivity contribution in [3.05, 3.63) is 31.2 Å². The minimum atomic E-state index is -0.435. The lowest BCUT2D eigenvalue weighted by molar-refractivity contribution is -0.888. The standard InChI is InChI=1S/C43H81NO4/c1-6-9-11-13-15-17-19-21-23-25-27-29-31-33-35-37-42(45)47-40-41(39-44(4,5)8-3)48-43(46)38-36-34-32-30-28-26-24-22-20-18-16-14-12-10-7-2/h21-24,41H,3,6-20,25-40H2,1-2,4-5H3/q+1/b23-21-,24-22-. The quantitative estimate of drug-likeness (QED) is 0.0287. The van der Waals surface area contributed by atoms with E-state index in [1.165, 1.54) is 116 Å². The topological polar surface area (TPSA) is 52.6 Å². The normalized spacial score (nSPS) is 12.7. The first-order chi connectivity index (χ1) is 23.3. The van der Waals surface area contributed by atoms with E-state index in [1.807, 2.05) is 0 Å². The monoisotopic (exact) mass is 676 g/mol. The van der Waals surface area contributed by atoms with Gasteiger partial charge in [-0.3, -0.25) is 9.59 Å². The van der Waals surface area contributed by atoms with E-state index in [1.54, 1.807) is 0 Å². The van der Waals surface area contributed by atoms with E-state index in [0.717, 1.165) is 51.4 Å². The molecule has 0 aromatic carbocycles. The van der Waals surface area contributed by atoms with E-state index in [-0.39, 0.29) is 18.5 Å². The van der Waals surface area contributed by atoms with Crippen molar-refractivity contribution in [1.29, 1.82) is 0 Å². The van der Waals surface area contributed by atoms with E-state index < -0.39 is 6.10 Å². The average Bonchev–Trinajstić information content (AvgIpc) is 3.07. The van der Waals surface area contributed by atoms with Crippen molar-refractivity contribution >= 4 is 11.9 Å². The van der Waals surface area contributed by atoms with Crippen LogP contribution >= 0.6 is 0 Å². The van der Waals surface area contributed by atoms with Gasteiger partial charge in [0.25, 0.3) is 0 Å². The van der Waals surface area contributed by atoms with Crippen molar-refractivity contribution in [2.24, 2.45) is 0 Å². The number of carbonyl (C=O) groups excluding carboxylic acids is 2. The Labute approximate surface area is 299 Å². The van der Waals surface area contributed by atoms with Gasteiger partial charge in [-0.25, -0.2) is 0 Å². The summed E-state index contributed by atoms with van der Waals surface area (Å²) in [6, 6.07) is 0. The van der Waals surface area contributed by atoms with Crippen molar-refractivity contribution in [2.45, 2.75) is 200 Å². The zero-order valence-electron chi connectivity index (χ0n) is 32.6.